The van der Waals surface area contributed by atoms with Crippen molar-refractivity contribution in [3.8, 4) is 0 Å². The van der Waals surface area contributed by atoms with Crippen LogP contribution in [0.1, 0.15) is 36.0 Å². The van der Waals surface area contributed by atoms with Gasteiger partial charge in [-0.25, -0.2) is 0 Å². The molecule has 1 saturated carbocycles. The van der Waals surface area contributed by atoms with Crippen LogP contribution in [-0.4, -0.2) is 28.7 Å². The van der Waals surface area contributed by atoms with Crippen LogP contribution in [0.25, 0.3) is 0 Å². The molecule has 1 aliphatic rings. The zero-order valence-corrected chi connectivity index (χ0v) is 11.8. The molecular weight excluding hydrogens is 305 g/mol. The van der Waals surface area contributed by atoms with Gasteiger partial charge in [0.05, 0.1) is 11.8 Å². The molecule has 1 amide bonds. The fourth-order valence-corrected chi connectivity index (χ4v) is 2.43. The predicted octanol–water partition coefficient (Wildman–Crippen LogP) is 3.71. The highest BCUT2D eigenvalue weighted by Crippen LogP contribution is 2.28. The van der Waals surface area contributed by atoms with Gasteiger partial charge in [-0.3, -0.25) is 4.79 Å². The molecule has 1 heterocycles. The number of amides is 1. The molecule has 17 heavy (non-hydrogen) atoms. The van der Waals surface area contributed by atoms with Crippen molar-refractivity contribution in [2.75, 3.05) is 11.9 Å². The number of carbonyl (C=O) groups is 1. The first kappa shape index (κ1) is 13.0. The first-order valence-corrected chi connectivity index (χ1v) is 7.34. The molecule has 0 atom stereocenters. The van der Waals surface area contributed by atoms with Crippen molar-refractivity contribution in [2.45, 2.75) is 31.7 Å². The molecule has 0 spiro atoms. The second-order valence-electron chi connectivity index (χ2n) is 4.23. The molecule has 3 nitrogen and oxygen atoms in total. The van der Waals surface area contributed by atoms with Crippen LogP contribution >= 0.6 is 27.5 Å². The predicted molar refractivity (Wildman–Crippen MR) is 70.8 cm³/mol. The molecule has 5 heteroatoms. The lowest BCUT2D eigenvalue weighted by atomic mass is 9.91. The summed E-state index contributed by atoms with van der Waals surface area (Å²) in [5.41, 5.74) is 0.480. The van der Waals surface area contributed by atoms with Crippen molar-refractivity contribution < 1.29 is 9.21 Å². The van der Waals surface area contributed by atoms with Gasteiger partial charge in [-0.2, -0.15) is 0 Å². The second-order valence-corrected chi connectivity index (χ2v) is 5.37. The Labute approximate surface area is 114 Å². The largest absolute Gasteiger partial charge is 0.452 e. The third-order valence-corrected chi connectivity index (χ3v) is 4.01. The molecule has 0 saturated heterocycles. The molecule has 0 aromatic carbocycles. The van der Waals surface area contributed by atoms with E-state index >= 15 is 0 Å². The molecular formula is C12H15BrClNO2. The van der Waals surface area contributed by atoms with Gasteiger partial charge in [-0.1, -0.05) is 15.9 Å². The highest BCUT2D eigenvalue weighted by molar-refractivity contribution is 9.09. The van der Waals surface area contributed by atoms with E-state index in [1.807, 2.05) is 4.90 Å². The molecule has 0 bridgehead atoms. The molecule has 1 aromatic rings. The molecule has 1 aromatic heterocycles. The smallest absolute Gasteiger partial charge is 0.258 e. The topological polar surface area (TPSA) is 33.5 Å². The zero-order chi connectivity index (χ0) is 12.3. The Kier molecular flexibility index (Phi) is 4.51. The maximum Gasteiger partial charge on any atom is 0.258 e. The Morgan fingerprint density at radius 2 is 2.35 bits per heavy atom. The summed E-state index contributed by atoms with van der Waals surface area (Å²) in [6.07, 6.45) is 5.82. The number of rotatable bonds is 5. The van der Waals surface area contributed by atoms with Gasteiger partial charge in [0.1, 0.15) is 0 Å². The quantitative estimate of drug-likeness (QED) is 0.775. The minimum absolute atomic E-state index is 0.00519. The van der Waals surface area contributed by atoms with E-state index < -0.39 is 0 Å². The van der Waals surface area contributed by atoms with Crippen LogP contribution in [0, 0.1) is 0 Å². The minimum Gasteiger partial charge on any atom is -0.452 e. The Morgan fingerprint density at radius 3 is 2.82 bits per heavy atom. The first-order chi connectivity index (χ1) is 8.24. The summed E-state index contributed by atoms with van der Waals surface area (Å²) in [4.78, 5) is 14.3. The van der Waals surface area contributed by atoms with Gasteiger partial charge in [0, 0.05) is 17.9 Å². The summed E-state index contributed by atoms with van der Waals surface area (Å²) in [6, 6.07) is 2.03. The van der Waals surface area contributed by atoms with Crippen LogP contribution < -0.4 is 0 Å². The number of nitrogens with zero attached hydrogens (tertiary/aromatic N) is 1. The van der Waals surface area contributed by atoms with E-state index in [9.17, 15) is 4.79 Å². The number of hydrogen-bond donors (Lipinski definition) is 0. The summed E-state index contributed by atoms with van der Waals surface area (Å²) in [5.74, 6) is -0.00519. The van der Waals surface area contributed by atoms with Crippen LogP contribution in [0.5, 0.6) is 0 Å². The van der Waals surface area contributed by atoms with Crippen LogP contribution in [0.2, 0.25) is 5.22 Å². The van der Waals surface area contributed by atoms with E-state index in [2.05, 4.69) is 15.9 Å². The Balaban J connectivity index is 2.09. The molecule has 0 radical (unpaired) electrons. The van der Waals surface area contributed by atoms with Gasteiger partial charge in [0.15, 0.2) is 0 Å². The van der Waals surface area contributed by atoms with Gasteiger partial charge in [0.2, 0.25) is 5.22 Å². The minimum atomic E-state index is -0.00519. The SMILES string of the molecule is O=C(c1ccoc1Cl)N(CCCBr)C1CCC1. The summed E-state index contributed by atoms with van der Waals surface area (Å²) in [7, 11) is 0. The van der Waals surface area contributed by atoms with Crippen LogP contribution in [0.4, 0.5) is 0 Å². The number of alkyl halides is 1. The van der Waals surface area contributed by atoms with Crippen LogP contribution in [0.3, 0.4) is 0 Å². The summed E-state index contributed by atoms with van der Waals surface area (Å²) < 4.78 is 4.98. The number of halogens is 2. The lowest BCUT2D eigenvalue weighted by molar-refractivity contribution is 0.0580. The number of carbonyl (C=O) groups excluding carboxylic acids is 1. The molecule has 0 aliphatic heterocycles. The fraction of sp³-hybridized carbons (Fsp3) is 0.583. The third-order valence-electron chi connectivity index (χ3n) is 3.16. The van der Waals surface area contributed by atoms with Crippen molar-refractivity contribution >= 4 is 33.4 Å². The van der Waals surface area contributed by atoms with Crippen molar-refractivity contribution in [1.82, 2.24) is 4.90 Å². The molecule has 2 rings (SSSR count). The van der Waals surface area contributed by atoms with E-state index in [1.54, 1.807) is 6.07 Å². The average molecular weight is 321 g/mol. The highest BCUT2D eigenvalue weighted by atomic mass is 79.9. The van der Waals surface area contributed by atoms with Crippen LogP contribution in [-0.2, 0) is 0 Å². The average Bonchev–Trinajstić information content (AvgIpc) is 2.67. The normalized spacial score (nSPS) is 15.6. The molecule has 1 aliphatic carbocycles. The maximum absolute atomic E-state index is 12.3. The van der Waals surface area contributed by atoms with E-state index in [0.29, 0.717) is 11.6 Å². The van der Waals surface area contributed by atoms with Crippen molar-refractivity contribution in [1.29, 1.82) is 0 Å². The lowest BCUT2D eigenvalue weighted by Gasteiger charge is -2.37. The maximum atomic E-state index is 12.3. The van der Waals surface area contributed by atoms with Crippen molar-refractivity contribution in [2.24, 2.45) is 0 Å². The van der Waals surface area contributed by atoms with E-state index in [4.69, 9.17) is 16.0 Å². The molecule has 1 fully saturated rings. The first-order valence-electron chi connectivity index (χ1n) is 5.84. The molecule has 0 unspecified atom stereocenters. The summed E-state index contributed by atoms with van der Waals surface area (Å²) in [5, 5.41) is 1.10. The monoisotopic (exact) mass is 319 g/mol. The highest BCUT2D eigenvalue weighted by Gasteiger charge is 2.30. The summed E-state index contributed by atoms with van der Waals surface area (Å²) >= 11 is 9.25. The van der Waals surface area contributed by atoms with E-state index in [-0.39, 0.29) is 11.1 Å². The third kappa shape index (κ3) is 2.86. The van der Waals surface area contributed by atoms with Gasteiger partial charge in [-0.05, 0) is 43.4 Å². The van der Waals surface area contributed by atoms with Gasteiger partial charge in [-0.15, -0.1) is 0 Å². The fourth-order valence-electron chi connectivity index (χ4n) is 1.98. The number of hydrogen-bond acceptors (Lipinski definition) is 2. The zero-order valence-electron chi connectivity index (χ0n) is 9.49. The Morgan fingerprint density at radius 1 is 1.59 bits per heavy atom. The van der Waals surface area contributed by atoms with E-state index in [1.165, 1.54) is 12.7 Å². The Bertz CT molecular complexity index is 390. The van der Waals surface area contributed by atoms with Crippen LogP contribution in [0.15, 0.2) is 16.7 Å². The Hall–Kier alpha value is -0.480. The van der Waals surface area contributed by atoms with Crippen molar-refractivity contribution in [3.63, 3.8) is 0 Å². The van der Waals surface area contributed by atoms with Gasteiger partial charge < -0.3 is 9.32 Å². The number of furan rings is 1. The summed E-state index contributed by atoms with van der Waals surface area (Å²) in [6.45, 7) is 0.774. The standard InChI is InChI=1S/C12H15BrClNO2/c13-6-2-7-15(9-3-1-4-9)12(16)10-5-8-17-11(10)14/h5,8-9H,1-4,6-7H2. The van der Waals surface area contributed by atoms with Gasteiger partial charge in [0.25, 0.3) is 5.91 Å². The second kappa shape index (κ2) is 5.91. The van der Waals surface area contributed by atoms with E-state index in [0.717, 1.165) is 31.1 Å². The molecule has 94 valence electrons. The lowest BCUT2D eigenvalue weighted by Crippen LogP contribution is -2.44. The van der Waals surface area contributed by atoms with Crippen molar-refractivity contribution in [3.05, 3.63) is 23.1 Å². The molecule has 0 N–H and O–H groups in total. The van der Waals surface area contributed by atoms with Gasteiger partial charge >= 0.3 is 0 Å².